The van der Waals surface area contributed by atoms with Crippen molar-refractivity contribution < 1.29 is 26.4 Å². The lowest BCUT2D eigenvalue weighted by Crippen LogP contribution is -2.47. The molecule has 0 spiro atoms. The first-order valence-corrected chi connectivity index (χ1v) is 15.1. The van der Waals surface area contributed by atoms with E-state index in [0.29, 0.717) is 25.2 Å². The van der Waals surface area contributed by atoms with Gasteiger partial charge in [0.25, 0.3) is 0 Å². The highest BCUT2D eigenvalue weighted by Crippen LogP contribution is 2.28. The smallest absolute Gasteiger partial charge is 0.243 e. The minimum atomic E-state index is -3.92. The van der Waals surface area contributed by atoms with Crippen LogP contribution in [0.2, 0.25) is 0 Å². The Balaban J connectivity index is 1.63. The molecule has 11 heteroatoms. The van der Waals surface area contributed by atoms with Crippen LogP contribution in [0, 0.1) is 6.92 Å². The van der Waals surface area contributed by atoms with Crippen LogP contribution in [0.1, 0.15) is 44.6 Å². The topological polar surface area (TPSA) is 122 Å². The first kappa shape index (κ1) is 28.1. The zero-order valence-electron chi connectivity index (χ0n) is 20.8. The molecule has 0 saturated heterocycles. The molecule has 1 aliphatic carbocycles. The van der Waals surface area contributed by atoms with Gasteiger partial charge in [-0.05, 0) is 63.1 Å². The summed E-state index contributed by atoms with van der Waals surface area (Å²) in [6, 6.07) is 12.4. The molecule has 1 fully saturated rings. The SMILES string of the molecule is CCOc1ccc(S(=O)(=O)N(CC(=O)NCCNS(=O)(=O)c2ccc(C)cc2)C2CCCCC2)cc1. The van der Waals surface area contributed by atoms with Gasteiger partial charge >= 0.3 is 0 Å². The molecule has 0 unspecified atom stereocenters. The van der Waals surface area contributed by atoms with Crippen LogP contribution in [-0.4, -0.2) is 59.3 Å². The lowest BCUT2D eigenvalue weighted by atomic mass is 9.95. The number of ether oxygens (including phenoxy) is 1. The van der Waals surface area contributed by atoms with Gasteiger partial charge in [0.15, 0.2) is 0 Å². The second kappa shape index (κ2) is 12.7. The highest BCUT2D eigenvalue weighted by Gasteiger charge is 2.34. The van der Waals surface area contributed by atoms with Crippen molar-refractivity contribution >= 4 is 26.0 Å². The quantitative estimate of drug-likeness (QED) is 0.402. The third kappa shape index (κ3) is 7.52. The summed E-state index contributed by atoms with van der Waals surface area (Å²) in [5, 5.41) is 2.64. The molecule has 9 nitrogen and oxygen atoms in total. The van der Waals surface area contributed by atoms with E-state index >= 15 is 0 Å². The molecular weight excluding hydrogens is 502 g/mol. The van der Waals surface area contributed by atoms with Crippen LogP contribution in [0.25, 0.3) is 0 Å². The molecule has 1 saturated carbocycles. The number of aryl methyl sites for hydroxylation is 1. The standard InChI is InChI=1S/C25H35N3O6S2/c1-3-34-22-11-15-24(16-12-22)36(32,33)28(21-7-5-4-6-8-21)19-25(29)26-17-18-27-35(30,31)23-13-9-20(2)10-14-23/h9-16,21,27H,3-8,17-19H2,1-2H3,(H,26,29). The fraction of sp³-hybridized carbons (Fsp3) is 0.480. The van der Waals surface area contributed by atoms with E-state index in [0.717, 1.165) is 24.8 Å². The molecule has 2 N–H and O–H groups in total. The monoisotopic (exact) mass is 537 g/mol. The second-order valence-electron chi connectivity index (χ2n) is 8.81. The molecule has 0 aromatic heterocycles. The van der Waals surface area contributed by atoms with E-state index in [9.17, 15) is 21.6 Å². The predicted octanol–water partition coefficient (Wildman–Crippen LogP) is 2.81. The summed E-state index contributed by atoms with van der Waals surface area (Å²) in [6.45, 7) is 3.88. The molecule has 1 amide bonds. The van der Waals surface area contributed by atoms with Crippen molar-refractivity contribution in [2.75, 3.05) is 26.2 Å². The fourth-order valence-electron chi connectivity index (χ4n) is 4.17. The van der Waals surface area contributed by atoms with Gasteiger partial charge in [0.05, 0.1) is 22.9 Å². The number of rotatable bonds is 12. The van der Waals surface area contributed by atoms with Crippen molar-refractivity contribution in [3.05, 3.63) is 54.1 Å². The predicted molar refractivity (Wildman–Crippen MR) is 138 cm³/mol. The molecule has 0 bridgehead atoms. The average Bonchev–Trinajstić information content (AvgIpc) is 2.86. The van der Waals surface area contributed by atoms with Crippen molar-refractivity contribution in [2.45, 2.75) is 61.8 Å². The van der Waals surface area contributed by atoms with Gasteiger partial charge in [-0.3, -0.25) is 4.79 Å². The summed E-state index contributed by atoms with van der Waals surface area (Å²) in [6.07, 6.45) is 4.24. The Morgan fingerprint density at radius 1 is 0.917 bits per heavy atom. The maximum atomic E-state index is 13.5. The Morgan fingerprint density at radius 3 is 2.14 bits per heavy atom. The number of sulfonamides is 2. The maximum Gasteiger partial charge on any atom is 0.243 e. The molecule has 0 heterocycles. The summed E-state index contributed by atoms with van der Waals surface area (Å²) in [7, 11) is -7.62. The third-order valence-electron chi connectivity index (χ3n) is 6.09. The summed E-state index contributed by atoms with van der Waals surface area (Å²) < 4.78 is 60.9. The van der Waals surface area contributed by atoms with Gasteiger partial charge in [-0.2, -0.15) is 4.31 Å². The average molecular weight is 538 g/mol. The number of hydrogen-bond donors (Lipinski definition) is 2. The van der Waals surface area contributed by atoms with Gasteiger partial charge in [0.2, 0.25) is 26.0 Å². The molecule has 2 aromatic rings. The van der Waals surface area contributed by atoms with Crippen LogP contribution in [0.3, 0.4) is 0 Å². The summed E-state index contributed by atoms with van der Waals surface area (Å²) in [5.74, 6) is 0.0936. The zero-order chi connectivity index (χ0) is 26.2. The highest BCUT2D eigenvalue weighted by molar-refractivity contribution is 7.89. The van der Waals surface area contributed by atoms with E-state index in [1.165, 1.54) is 28.6 Å². The van der Waals surface area contributed by atoms with Crippen LogP contribution >= 0.6 is 0 Å². The first-order valence-electron chi connectivity index (χ1n) is 12.2. The van der Waals surface area contributed by atoms with Crippen molar-refractivity contribution in [2.24, 2.45) is 0 Å². The van der Waals surface area contributed by atoms with Gasteiger partial charge in [-0.15, -0.1) is 0 Å². The van der Waals surface area contributed by atoms with E-state index in [1.807, 2.05) is 13.8 Å². The van der Waals surface area contributed by atoms with E-state index < -0.39 is 26.0 Å². The zero-order valence-corrected chi connectivity index (χ0v) is 22.4. The Hall–Kier alpha value is -2.47. The molecular formula is C25H35N3O6S2. The van der Waals surface area contributed by atoms with Gasteiger partial charge in [0.1, 0.15) is 5.75 Å². The Kier molecular flexibility index (Phi) is 9.89. The number of carbonyl (C=O) groups is 1. The first-order chi connectivity index (χ1) is 17.1. The molecule has 36 heavy (non-hydrogen) atoms. The number of hydrogen-bond acceptors (Lipinski definition) is 6. The fourth-order valence-corrected chi connectivity index (χ4v) is 6.85. The van der Waals surface area contributed by atoms with E-state index in [2.05, 4.69) is 10.0 Å². The maximum absolute atomic E-state index is 13.5. The van der Waals surface area contributed by atoms with Gasteiger partial charge in [-0.25, -0.2) is 21.6 Å². The number of carbonyl (C=O) groups excluding carboxylic acids is 1. The number of benzene rings is 2. The van der Waals surface area contributed by atoms with Crippen LogP contribution in [0.15, 0.2) is 58.3 Å². The number of amides is 1. The van der Waals surface area contributed by atoms with E-state index in [1.54, 1.807) is 24.3 Å². The molecule has 3 rings (SSSR count). The largest absolute Gasteiger partial charge is 0.494 e. The van der Waals surface area contributed by atoms with Crippen molar-refractivity contribution in [3.8, 4) is 5.75 Å². The Bertz CT molecular complexity index is 1210. The van der Waals surface area contributed by atoms with Crippen LogP contribution < -0.4 is 14.8 Å². The minimum absolute atomic E-state index is 0.0168. The van der Waals surface area contributed by atoms with Gasteiger partial charge in [-0.1, -0.05) is 37.0 Å². The molecule has 0 radical (unpaired) electrons. The molecule has 0 aliphatic heterocycles. The lowest BCUT2D eigenvalue weighted by Gasteiger charge is -2.33. The lowest BCUT2D eigenvalue weighted by molar-refractivity contribution is -0.121. The summed E-state index contributed by atoms with van der Waals surface area (Å²) in [4.78, 5) is 13.0. The normalized spacial score (nSPS) is 15.1. The summed E-state index contributed by atoms with van der Waals surface area (Å²) in [5.41, 5.74) is 0.948. The van der Waals surface area contributed by atoms with Gasteiger partial charge < -0.3 is 10.1 Å². The highest BCUT2D eigenvalue weighted by atomic mass is 32.2. The Morgan fingerprint density at radius 2 is 1.53 bits per heavy atom. The second-order valence-corrected chi connectivity index (χ2v) is 12.5. The number of nitrogens with one attached hydrogen (secondary N) is 2. The van der Waals surface area contributed by atoms with Crippen molar-refractivity contribution in [1.82, 2.24) is 14.3 Å². The molecule has 0 atom stereocenters. The third-order valence-corrected chi connectivity index (χ3v) is 9.48. The molecule has 2 aromatic carbocycles. The van der Waals surface area contributed by atoms with E-state index in [-0.39, 0.29) is 35.5 Å². The molecule has 1 aliphatic rings. The van der Waals surface area contributed by atoms with Gasteiger partial charge in [0, 0.05) is 19.1 Å². The number of nitrogens with zero attached hydrogens (tertiary/aromatic N) is 1. The van der Waals surface area contributed by atoms with Crippen molar-refractivity contribution in [3.63, 3.8) is 0 Å². The summed E-state index contributed by atoms with van der Waals surface area (Å²) >= 11 is 0. The van der Waals surface area contributed by atoms with Crippen LogP contribution in [-0.2, 0) is 24.8 Å². The van der Waals surface area contributed by atoms with E-state index in [4.69, 9.17) is 4.74 Å². The molecule has 198 valence electrons. The van der Waals surface area contributed by atoms with Crippen LogP contribution in [0.5, 0.6) is 5.75 Å². The van der Waals surface area contributed by atoms with Crippen molar-refractivity contribution in [1.29, 1.82) is 0 Å². The Labute approximate surface area is 214 Å². The van der Waals surface area contributed by atoms with Crippen LogP contribution in [0.4, 0.5) is 0 Å². The minimum Gasteiger partial charge on any atom is -0.494 e.